The molecule has 5 heteroatoms. The molecule has 0 saturated carbocycles. The van der Waals surface area contributed by atoms with Crippen molar-refractivity contribution in [2.75, 3.05) is 39.4 Å². The predicted molar refractivity (Wildman–Crippen MR) is 72.4 cm³/mol. The standard InChI is InChI=1S/C13H28N2O3/c1-4-8-15(11-13(16)18-6-3)9-7-12(10-14)17-5-2/h12H,4-11,14H2,1-3H3. The summed E-state index contributed by atoms with van der Waals surface area (Å²) >= 11 is 0. The Morgan fingerprint density at radius 1 is 1.22 bits per heavy atom. The molecule has 0 bridgehead atoms. The van der Waals surface area contributed by atoms with Gasteiger partial charge in [0.1, 0.15) is 0 Å². The van der Waals surface area contributed by atoms with Gasteiger partial charge in [0.25, 0.3) is 0 Å². The Kier molecular flexibility index (Phi) is 11.0. The van der Waals surface area contributed by atoms with E-state index in [9.17, 15) is 4.79 Å². The van der Waals surface area contributed by atoms with E-state index < -0.39 is 0 Å². The van der Waals surface area contributed by atoms with Crippen LogP contribution in [0.5, 0.6) is 0 Å². The van der Waals surface area contributed by atoms with Crippen molar-refractivity contribution in [3.05, 3.63) is 0 Å². The third-order valence-electron chi connectivity index (χ3n) is 2.63. The van der Waals surface area contributed by atoms with E-state index in [1.165, 1.54) is 0 Å². The Morgan fingerprint density at radius 2 is 1.94 bits per heavy atom. The highest BCUT2D eigenvalue weighted by Crippen LogP contribution is 2.01. The zero-order chi connectivity index (χ0) is 13.8. The largest absolute Gasteiger partial charge is 0.465 e. The summed E-state index contributed by atoms with van der Waals surface area (Å²) < 4.78 is 10.5. The number of esters is 1. The van der Waals surface area contributed by atoms with Gasteiger partial charge in [-0.25, -0.2) is 0 Å². The predicted octanol–water partition coefficient (Wildman–Crippen LogP) is 1.02. The highest BCUT2D eigenvalue weighted by molar-refractivity contribution is 5.71. The van der Waals surface area contributed by atoms with Crippen molar-refractivity contribution in [2.45, 2.75) is 39.7 Å². The van der Waals surface area contributed by atoms with Crippen molar-refractivity contribution < 1.29 is 14.3 Å². The minimum Gasteiger partial charge on any atom is -0.465 e. The first kappa shape index (κ1) is 17.4. The van der Waals surface area contributed by atoms with Crippen LogP contribution < -0.4 is 5.73 Å². The maximum absolute atomic E-state index is 11.4. The fourth-order valence-electron chi connectivity index (χ4n) is 1.81. The van der Waals surface area contributed by atoms with Gasteiger partial charge in [-0.05, 0) is 33.2 Å². The molecule has 5 nitrogen and oxygen atoms in total. The molecule has 0 aromatic rings. The van der Waals surface area contributed by atoms with Gasteiger partial charge in [-0.2, -0.15) is 0 Å². The summed E-state index contributed by atoms with van der Waals surface area (Å²) in [4.78, 5) is 13.5. The number of carbonyl (C=O) groups is 1. The fourth-order valence-corrected chi connectivity index (χ4v) is 1.81. The first-order chi connectivity index (χ1) is 8.67. The van der Waals surface area contributed by atoms with Crippen molar-refractivity contribution in [3.8, 4) is 0 Å². The van der Waals surface area contributed by atoms with Crippen molar-refractivity contribution in [1.82, 2.24) is 4.90 Å². The zero-order valence-corrected chi connectivity index (χ0v) is 12.0. The number of carbonyl (C=O) groups excluding carboxylic acids is 1. The molecule has 2 N–H and O–H groups in total. The molecule has 0 fully saturated rings. The SMILES string of the molecule is CCCN(CCC(CN)OCC)CC(=O)OCC. The molecule has 0 aliphatic heterocycles. The molecule has 0 amide bonds. The molecule has 0 aromatic heterocycles. The quantitative estimate of drug-likeness (QED) is 0.562. The normalized spacial score (nSPS) is 12.7. The van der Waals surface area contributed by atoms with Crippen LogP contribution in [0, 0.1) is 0 Å². The van der Waals surface area contributed by atoms with E-state index >= 15 is 0 Å². The minimum atomic E-state index is -0.161. The summed E-state index contributed by atoms with van der Waals surface area (Å²) in [5.74, 6) is -0.161. The molecule has 0 rings (SSSR count). The van der Waals surface area contributed by atoms with Crippen LogP contribution in [0.3, 0.4) is 0 Å². The molecule has 0 spiro atoms. The van der Waals surface area contributed by atoms with Crippen LogP contribution in [0.4, 0.5) is 0 Å². The second-order valence-corrected chi connectivity index (χ2v) is 4.18. The summed E-state index contributed by atoms with van der Waals surface area (Å²) in [5.41, 5.74) is 5.63. The first-order valence-corrected chi connectivity index (χ1v) is 6.87. The lowest BCUT2D eigenvalue weighted by Crippen LogP contribution is -2.36. The van der Waals surface area contributed by atoms with Crippen LogP contribution in [0.25, 0.3) is 0 Å². The van der Waals surface area contributed by atoms with Crippen LogP contribution >= 0.6 is 0 Å². The summed E-state index contributed by atoms with van der Waals surface area (Å²) in [7, 11) is 0. The van der Waals surface area contributed by atoms with Gasteiger partial charge in [-0.1, -0.05) is 6.92 Å². The van der Waals surface area contributed by atoms with Crippen molar-refractivity contribution in [2.24, 2.45) is 5.73 Å². The first-order valence-electron chi connectivity index (χ1n) is 6.87. The molecule has 108 valence electrons. The van der Waals surface area contributed by atoms with E-state index in [-0.39, 0.29) is 12.1 Å². The molecule has 0 aliphatic carbocycles. The average molecular weight is 260 g/mol. The number of hydrogen-bond donors (Lipinski definition) is 1. The highest BCUT2D eigenvalue weighted by Gasteiger charge is 2.13. The van der Waals surface area contributed by atoms with Crippen molar-refractivity contribution >= 4 is 5.97 Å². The van der Waals surface area contributed by atoms with E-state index in [0.29, 0.717) is 26.3 Å². The van der Waals surface area contributed by atoms with Gasteiger partial charge in [0, 0.05) is 19.7 Å². The summed E-state index contributed by atoms with van der Waals surface area (Å²) in [6, 6.07) is 0. The summed E-state index contributed by atoms with van der Waals surface area (Å²) in [5, 5.41) is 0. The van der Waals surface area contributed by atoms with Gasteiger partial charge in [0.2, 0.25) is 0 Å². The van der Waals surface area contributed by atoms with E-state index in [0.717, 1.165) is 25.9 Å². The van der Waals surface area contributed by atoms with Crippen molar-refractivity contribution in [1.29, 1.82) is 0 Å². The van der Waals surface area contributed by atoms with Gasteiger partial charge in [-0.15, -0.1) is 0 Å². The van der Waals surface area contributed by atoms with Crippen LogP contribution in [-0.4, -0.2) is 56.4 Å². The van der Waals surface area contributed by atoms with Crippen LogP contribution in [0.15, 0.2) is 0 Å². The number of rotatable bonds is 11. The Hall–Kier alpha value is -0.650. The average Bonchev–Trinajstić information content (AvgIpc) is 2.34. The lowest BCUT2D eigenvalue weighted by Gasteiger charge is -2.23. The number of ether oxygens (including phenoxy) is 2. The Labute approximate surface area is 111 Å². The topological polar surface area (TPSA) is 64.8 Å². The Balaban J connectivity index is 4.05. The Bertz CT molecular complexity index is 212. The molecular formula is C13H28N2O3. The fraction of sp³-hybridized carbons (Fsp3) is 0.923. The maximum Gasteiger partial charge on any atom is 0.320 e. The molecule has 1 unspecified atom stereocenters. The lowest BCUT2D eigenvalue weighted by atomic mass is 10.2. The zero-order valence-electron chi connectivity index (χ0n) is 12.0. The molecule has 0 heterocycles. The molecule has 18 heavy (non-hydrogen) atoms. The van der Waals surface area contributed by atoms with Gasteiger partial charge in [-0.3, -0.25) is 9.69 Å². The Morgan fingerprint density at radius 3 is 2.44 bits per heavy atom. The van der Waals surface area contributed by atoms with Crippen LogP contribution in [-0.2, 0) is 14.3 Å². The summed E-state index contributed by atoms with van der Waals surface area (Å²) in [6.07, 6.45) is 1.95. The molecule has 0 aliphatic rings. The van der Waals surface area contributed by atoms with E-state index in [2.05, 4.69) is 11.8 Å². The van der Waals surface area contributed by atoms with E-state index in [1.54, 1.807) is 0 Å². The van der Waals surface area contributed by atoms with Gasteiger partial charge < -0.3 is 15.2 Å². The molecular weight excluding hydrogens is 232 g/mol. The monoisotopic (exact) mass is 260 g/mol. The van der Waals surface area contributed by atoms with Crippen LogP contribution in [0.2, 0.25) is 0 Å². The third-order valence-corrected chi connectivity index (χ3v) is 2.63. The lowest BCUT2D eigenvalue weighted by molar-refractivity contribution is -0.144. The molecule has 0 saturated heterocycles. The minimum absolute atomic E-state index is 0.0801. The van der Waals surface area contributed by atoms with Gasteiger partial charge >= 0.3 is 5.97 Å². The second kappa shape index (κ2) is 11.4. The van der Waals surface area contributed by atoms with Gasteiger partial charge in [0.15, 0.2) is 0 Å². The molecule has 0 radical (unpaired) electrons. The van der Waals surface area contributed by atoms with Crippen LogP contribution in [0.1, 0.15) is 33.6 Å². The van der Waals surface area contributed by atoms with E-state index in [1.807, 2.05) is 13.8 Å². The molecule has 0 aromatic carbocycles. The van der Waals surface area contributed by atoms with E-state index in [4.69, 9.17) is 15.2 Å². The smallest absolute Gasteiger partial charge is 0.320 e. The maximum atomic E-state index is 11.4. The molecule has 1 atom stereocenters. The third kappa shape index (κ3) is 8.44. The summed E-state index contributed by atoms with van der Waals surface area (Å²) in [6.45, 7) is 9.57. The number of hydrogen-bond acceptors (Lipinski definition) is 5. The number of nitrogens with two attached hydrogens (primary N) is 1. The van der Waals surface area contributed by atoms with Crippen molar-refractivity contribution in [3.63, 3.8) is 0 Å². The second-order valence-electron chi connectivity index (χ2n) is 4.18. The van der Waals surface area contributed by atoms with Gasteiger partial charge in [0.05, 0.1) is 19.3 Å². The number of nitrogens with zero attached hydrogens (tertiary/aromatic N) is 1. The highest BCUT2D eigenvalue weighted by atomic mass is 16.5.